The third-order valence-corrected chi connectivity index (χ3v) is 4.64. The predicted molar refractivity (Wildman–Crippen MR) is 109 cm³/mol. The molecule has 0 aliphatic carbocycles. The first-order valence-corrected chi connectivity index (χ1v) is 9.36. The quantitative estimate of drug-likeness (QED) is 0.431. The number of hydrogen-bond donors (Lipinski definition) is 0. The normalized spacial score (nSPS) is 10.9. The van der Waals surface area contributed by atoms with Gasteiger partial charge in [-0.1, -0.05) is 46.3 Å². The highest BCUT2D eigenvalue weighted by Crippen LogP contribution is 2.34. The Kier molecular flexibility index (Phi) is 6.93. The van der Waals surface area contributed by atoms with E-state index in [1.807, 2.05) is 54.6 Å². The summed E-state index contributed by atoms with van der Waals surface area (Å²) in [6, 6.07) is 17.6. The number of azo groups is 1. The van der Waals surface area contributed by atoms with Crippen LogP contribution >= 0.6 is 15.9 Å². The molecule has 27 heavy (non-hydrogen) atoms. The van der Waals surface area contributed by atoms with Crippen LogP contribution in [0.1, 0.15) is 11.1 Å². The zero-order valence-corrected chi connectivity index (χ0v) is 16.6. The first-order chi connectivity index (χ1) is 13.3. The van der Waals surface area contributed by atoms with Crippen molar-refractivity contribution in [3.05, 3.63) is 82.6 Å². The molecule has 0 amide bonds. The van der Waals surface area contributed by atoms with Gasteiger partial charge in [0.1, 0.15) is 6.61 Å². The average molecular weight is 426 g/mol. The molecule has 1 heterocycles. The van der Waals surface area contributed by atoms with E-state index >= 15 is 0 Å². The van der Waals surface area contributed by atoms with Gasteiger partial charge in [-0.15, -0.1) is 0 Å². The lowest BCUT2D eigenvalue weighted by molar-refractivity contribution is 0.284. The van der Waals surface area contributed by atoms with E-state index in [0.717, 1.165) is 27.7 Å². The van der Waals surface area contributed by atoms with Gasteiger partial charge >= 0.3 is 0 Å². The van der Waals surface area contributed by atoms with E-state index in [1.165, 1.54) is 0 Å². The molecule has 0 bridgehead atoms. The largest absolute Gasteiger partial charge is 0.493 e. The summed E-state index contributed by atoms with van der Waals surface area (Å²) in [6.07, 6.45) is 4.14. The fourth-order valence-electron chi connectivity index (χ4n) is 2.49. The molecule has 0 aliphatic heterocycles. The van der Waals surface area contributed by atoms with E-state index in [9.17, 15) is 0 Å². The molecule has 3 aromatic rings. The van der Waals surface area contributed by atoms with Crippen LogP contribution in [0.25, 0.3) is 0 Å². The van der Waals surface area contributed by atoms with Crippen LogP contribution in [0, 0.1) is 0 Å². The Bertz CT molecular complexity index is 887. The topological polar surface area (TPSA) is 56.1 Å². The Hall–Kier alpha value is -2.73. The van der Waals surface area contributed by atoms with Crippen LogP contribution in [0.15, 0.2) is 81.7 Å². The lowest BCUT2D eigenvalue weighted by Crippen LogP contribution is -2.00. The molecular formula is C21H20BrN3O2. The molecule has 0 radical (unpaired) electrons. The minimum absolute atomic E-state index is 0.486. The van der Waals surface area contributed by atoms with Crippen molar-refractivity contribution in [2.75, 3.05) is 13.7 Å². The number of benzene rings is 2. The highest BCUT2D eigenvalue weighted by Gasteiger charge is 2.10. The summed E-state index contributed by atoms with van der Waals surface area (Å²) in [4.78, 5) is 3.96. The minimum Gasteiger partial charge on any atom is -0.493 e. The Morgan fingerprint density at radius 1 is 1.00 bits per heavy atom. The van der Waals surface area contributed by atoms with E-state index < -0.39 is 0 Å². The molecule has 0 saturated carbocycles. The van der Waals surface area contributed by atoms with Gasteiger partial charge in [-0.05, 0) is 41.8 Å². The third-order valence-electron chi connectivity index (χ3n) is 3.90. The zero-order valence-electron chi connectivity index (χ0n) is 15.0. The molecule has 138 valence electrons. The van der Waals surface area contributed by atoms with Crippen LogP contribution in [-0.2, 0) is 13.0 Å². The summed E-state index contributed by atoms with van der Waals surface area (Å²) in [5.41, 5.74) is 2.99. The van der Waals surface area contributed by atoms with Gasteiger partial charge in [0, 0.05) is 16.9 Å². The van der Waals surface area contributed by atoms with Crippen molar-refractivity contribution in [1.82, 2.24) is 4.98 Å². The number of nitrogens with zero attached hydrogens (tertiary/aromatic N) is 3. The summed E-state index contributed by atoms with van der Waals surface area (Å²) in [5.74, 6) is 1.41. The van der Waals surface area contributed by atoms with Crippen molar-refractivity contribution in [3.63, 3.8) is 0 Å². The smallest absolute Gasteiger partial charge is 0.162 e. The molecule has 1 aromatic heterocycles. The Labute approximate surface area is 167 Å². The number of methoxy groups -OCH3 is 1. The van der Waals surface area contributed by atoms with Crippen molar-refractivity contribution in [3.8, 4) is 11.5 Å². The SMILES string of the molecule is COc1cc(Br)c(CCN=Nc2ccncc2)cc1OCc1ccccc1. The average Bonchev–Trinajstić information content (AvgIpc) is 2.72. The zero-order chi connectivity index (χ0) is 18.9. The molecule has 5 nitrogen and oxygen atoms in total. The van der Waals surface area contributed by atoms with Crippen LogP contribution in [-0.4, -0.2) is 18.6 Å². The fourth-order valence-corrected chi connectivity index (χ4v) is 3.01. The lowest BCUT2D eigenvalue weighted by Gasteiger charge is -2.14. The predicted octanol–water partition coefficient (Wildman–Crippen LogP) is 5.76. The van der Waals surface area contributed by atoms with E-state index in [2.05, 4.69) is 31.1 Å². The first kappa shape index (κ1) is 19.0. The molecule has 3 rings (SSSR count). The van der Waals surface area contributed by atoms with Crippen LogP contribution in [0.4, 0.5) is 5.69 Å². The van der Waals surface area contributed by atoms with Gasteiger partial charge in [0.25, 0.3) is 0 Å². The highest BCUT2D eigenvalue weighted by molar-refractivity contribution is 9.10. The molecule has 0 N–H and O–H groups in total. The number of pyridine rings is 1. The third kappa shape index (κ3) is 5.62. The lowest BCUT2D eigenvalue weighted by atomic mass is 10.1. The monoisotopic (exact) mass is 425 g/mol. The summed E-state index contributed by atoms with van der Waals surface area (Å²) >= 11 is 3.60. The molecule has 2 aromatic carbocycles. The molecule has 0 aliphatic rings. The van der Waals surface area contributed by atoms with Gasteiger partial charge in [0.2, 0.25) is 0 Å². The number of ether oxygens (including phenoxy) is 2. The van der Waals surface area contributed by atoms with Gasteiger partial charge < -0.3 is 9.47 Å². The molecule has 0 unspecified atom stereocenters. The number of aromatic nitrogens is 1. The Balaban J connectivity index is 1.66. The van der Waals surface area contributed by atoms with E-state index in [-0.39, 0.29) is 0 Å². The number of halogens is 1. The Morgan fingerprint density at radius 3 is 2.52 bits per heavy atom. The molecule has 0 spiro atoms. The summed E-state index contributed by atoms with van der Waals surface area (Å²) in [6.45, 7) is 1.06. The van der Waals surface area contributed by atoms with Crippen LogP contribution in [0.3, 0.4) is 0 Å². The Morgan fingerprint density at radius 2 is 1.78 bits per heavy atom. The summed E-state index contributed by atoms with van der Waals surface area (Å²) in [7, 11) is 1.64. The van der Waals surface area contributed by atoms with Crippen molar-refractivity contribution in [2.45, 2.75) is 13.0 Å². The van der Waals surface area contributed by atoms with Crippen molar-refractivity contribution in [2.24, 2.45) is 10.2 Å². The molecule has 6 heteroatoms. The molecule has 0 atom stereocenters. The first-order valence-electron chi connectivity index (χ1n) is 8.57. The number of rotatable bonds is 8. The fraction of sp³-hybridized carbons (Fsp3) is 0.190. The van der Waals surface area contributed by atoms with Crippen LogP contribution in [0.2, 0.25) is 0 Å². The van der Waals surface area contributed by atoms with Crippen molar-refractivity contribution < 1.29 is 9.47 Å². The standard InChI is InChI=1S/C21H20BrN3O2/c1-26-20-14-19(22)17(7-12-24-25-18-8-10-23-11-9-18)13-21(20)27-15-16-5-3-2-4-6-16/h2-6,8-11,13-14H,7,12,15H2,1H3. The maximum Gasteiger partial charge on any atom is 0.162 e. The van der Waals surface area contributed by atoms with Gasteiger partial charge in [0.05, 0.1) is 19.3 Å². The van der Waals surface area contributed by atoms with Gasteiger partial charge in [0.15, 0.2) is 11.5 Å². The van der Waals surface area contributed by atoms with Crippen molar-refractivity contribution in [1.29, 1.82) is 0 Å². The van der Waals surface area contributed by atoms with Gasteiger partial charge in [-0.2, -0.15) is 10.2 Å². The van der Waals surface area contributed by atoms with Crippen LogP contribution in [0.5, 0.6) is 11.5 Å². The second-order valence-corrected chi connectivity index (χ2v) is 6.64. The second-order valence-electron chi connectivity index (χ2n) is 5.79. The van der Waals surface area contributed by atoms with Gasteiger partial charge in [-0.25, -0.2) is 0 Å². The summed E-state index contributed by atoms with van der Waals surface area (Å²) < 4.78 is 12.4. The molecule has 0 fully saturated rings. The molecular weight excluding hydrogens is 406 g/mol. The van der Waals surface area contributed by atoms with E-state index in [0.29, 0.717) is 24.7 Å². The number of hydrogen-bond acceptors (Lipinski definition) is 5. The highest BCUT2D eigenvalue weighted by atomic mass is 79.9. The summed E-state index contributed by atoms with van der Waals surface area (Å²) in [5, 5.41) is 8.45. The van der Waals surface area contributed by atoms with Crippen molar-refractivity contribution >= 4 is 21.6 Å². The molecule has 0 saturated heterocycles. The maximum atomic E-state index is 5.98. The second kappa shape index (κ2) is 9.83. The van der Waals surface area contributed by atoms with E-state index in [4.69, 9.17) is 9.47 Å². The van der Waals surface area contributed by atoms with Crippen LogP contribution < -0.4 is 9.47 Å². The maximum absolute atomic E-state index is 5.98. The van der Waals surface area contributed by atoms with E-state index in [1.54, 1.807) is 19.5 Å². The van der Waals surface area contributed by atoms with Gasteiger partial charge in [-0.3, -0.25) is 4.98 Å². The minimum atomic E-state index is 0.486.